The lowest BCUT2D eigenvalue weighted by molar-refractivity contribution is 0.241. The second-order valence-electron chi connectivity index (χ2n) is 7.06. The predicted octanol–water partition coefficient (Wildman–Crippen LogP) is 5.26. The normalized spacial score (nSPS) is 16.1. The summed E-state index contributed by atoms with van der Waals surface area (Å²) in [6.07, 6.45) is 8.97. The Balaban J connectivity index is 4.48. The molecule has 1 atom stereocenters. The first-order valence-electron chi connectivity index (χ1n) is 8.87. The second kappa shape index (κ2) is 11.3. The zero-order valence-corrected chi connectivity index (χ0v) is 18.2. The van der Waals surface area contributed by atoms with Crippen molar-refractivity contribution in [2.75, 3.05) is 0 Å². The van der Waals surface area contributed by atoms with Gasteiger partial charge < -0.3 is 9.79 Å². The van der Waals surface area contributed by atoms with Gasteiger partial charge in [-0.05, 0) is 66.2 Å². The molecule has 0 aliphatic carbocycles. The minimum atomic E-state index is -5.65. The van der Waals surface area contributed by atoms with Crippen molar-refractivity contribution < 1.29 is 31.7 Å². The van der Waals surface area contributed by atoms with Crippen LogP contribution >= 0.6 is 7.60 Å². The maximum Gasteiger partial charge on any atom is 0.380 e. The van der Waals surface area contributed by atoms with Crippen molar-refractivity contribution in [2.24, 2.45) is 0 Å². The third-order valence-corrected chi connectivity index (χ3v) is 7.63. The highest BCUT2D eigenvalue weighted by Gasteiger charge is 2.58. The van der Waals surface area contributed by atoms with Crippen LogP contribution in [-0.2, 0) is 14.7 Å². The monoisotopic (exact) mass is 426 g/mol. The van der Waals surface area contributed by atoms with E-state index >= 15 is 0 Å². The van der Waals surface area contributed by atoms with Crippen LogP contribution in [0.2, 0.25) is 0 Å². The first-order valence-corrected chi connectivity index (χ1v) is 11.9. The number of hydrogen-bond donors (Lipinski definition) is 3. The Morgan fingerprint density at radius 3 is 1.81 bits per heavy atom. The van der Waals surface area contributed by atoms with Crippen LogP contribution in [-0.4, -0.2) is 27.5 Å². The van der Waals surface area contributed by atoms with Crippen LogP contribution < -0.4 is 0 Å². The Hall–Kier alpha value is -0.790. The summed E-state index contributed by atoms with van der Waals surface area (Å²) in [5, 5.41) is 0. The highest BCUT2D eigenvalue weighted by atomic mass is 32.2. The van der Waals surface area contributed by atoms with Crippen LogP contribution in [0.4, 0.5) is 4.39 Å². The lowest BCUT2D eigenvalue weighted by Gasteiger charge is -2.22. The zero-order chi connectivity index (χ0) is 21.3. The molecule has 0 aliphatic rings. The molecule has 0 aromatic heterocycles. The summed E-state index contributed by atoms with van der Waals surface area (Å²) in [5.41, 5.74) is 3.62. The average Bonchev–Trinajstić information content (AvgIpc) is 2.48. The van der Waals surface area contributed by atoms with Gasteiger partial charge in [-0.25, -0.2) is 4.39 Å². The van der Waals surface area contributed by atoms with E-state index < -0.39 is 28.9 Å². The maximum absolute atomic E-state index is 14.1. The molecule has 0 rings (SSSR count). The summed E-state index contributed by atoms with van der Waals surface area (Å²) in [6, 6.07) is 0. The molecule has 0 radical (unpaired) electrons. The quantitative estimate of drug-likeness (QED) is 0.170. The van der Waals surface area contributed by atoms with Crippen LogP contribution in [0.5, 0.6) is 0 Å². The van der Waals surface area contributed by atoms with Gasteiger partial charge in [0.05, 0.1) is 0 Å². The molecular formula is C18H32FO6PS. The Labute approximate surface area is 162 Å². The maximum atomic E-state index is 14.1. The van der Waals surface area contributed by atoms with E-state index in [1.807, 2.05) is 6.92 Å². The van der Waals surface area contributed by atoms with E-state index in [2.05, 4.69) is 32.9 Å². The van der Waals surface area contributed by atoms with E-state index in [0.717, 1.165) is 31.3 Å². The summed E-state index contributed by atoms with van der Waals surface area (Å²) in [7, 11) is -11.2. The molecule has 0 bridgehead atoms. The molecule has 0 heterocycles. The minimum absolute atomic E-state index is 0.115. The Bertz CT molecular complexity index is 716. The molecule has 0 saturated heterocycles. The van der Waals surface area contributed by atoms with Crippen LogP contribution in [0.15, 0.2) is 34.9 Å². The molecule has 0 fully saturated rings. The standard InChI is InChI=1S/C18H32FO6PS/c1-15(2)9-7-11-17(4)13-8-12-16(3)10-5-6-14-18(19,26(20,21)22)27(23,24)25/h9-10,13H,5-8,11-12,14H2,1-4H3,(H2,20,21,22)(H,23,24,25). The van der Waals surface area contributed by atoms with Crippen molar-refractivity contribution in [3.05, 3.63) is 34.9 Å². The number of rotatable bonds is 12. The molecular weight excluding hydrogens is 394 g/mol. The van der Waals surface area contributed by atoms with Crippen LogP contribution in [0.25, 0.3) is 0 Å². The summed E-state index contributed by atoms with van der Waals surface area (Å²) in [6.45, 7) is 8.10. The summed E-state index contributed by atoms with van der Waals surface area (Å²) in [5.74, 6) is 0. The number of hydrogen-bond acceptors (Lipinski definition) is 3. The Morgan fingerprint density at radius 2 is 1.41 bits per heavy atom. The Morgan fingerprint density at radius 1 is 0.963 bits per heavy atom. The van der Waals surface area contributed by atoms with Crippen LogP contribution in [0.1, 0.15) is 72.6 Å². The van der Waals surface area contributed by atoms with Crippen molar-refractivity contribution in [3.8, 4) is 0 Å². The Kier molecular flexibility index (Phi) is 10.9. The largest absolute Gasteiger partial charge is 0.380 e. The molecule has 0 spiro atoms. The summed E-state index contributed by atoms with van der Waals surface area (Å²) < 4.78 is 52.1. The van der Waals surface area contributed by atoms with Gasteiger partial charge in [0.25, 0.3) is 0 Å². The third kappa shape index (κ3) is 9.81. The van der Waals surface area contributed by atoms with Gasteiger partial charge >= 0.3 is 22.5 Å². The molecule has 0 amide bonds. The van der Waals surface area contributed by atoms with Crippen LogP contribution in [0, 0.1) is 0 Å². The van der Waals surface area contributed by atoms with Crippen molar-refractivity contribution in [1.82, 2.24) is 0 Å². The van der Waals surface area contributed by atoms with Crippen molar-refractivity contribution in [1.29, 1.82) is 0 Å². The van der Waals surface area contributed by atoms with Gasteiger partial charge in [0, 0.05) is 6.42 Å². The number of alkyl halides is 1. The molecule has 0 aliphatic heterocycles. The van der Waals surface area contributed by atoms with Gasteiger partial charge in [-0.3, -0.25) is 9.12 Å². The lowest BCUT2D eigenvalue weighted by atomic mass is 10.1. The molecule has 27 heavy (non-hydrogen) atoms. The zero-order valence-electron chi connectivity index (χ0n) is 16.5. The number of unbranched alkanes of at least 4 members (excludes halogenated alkanes) is 1. The fraction of sp³-hybridized carbons (Fsp3) is 0.667. The summed E-state index contributed by atoms with van der Waals surface area (Å²) >= 11 is 0. The molecule has 3 N–H and O–H groups in total. The van der Waals surface area contributed by atoms with E-state index in [4.69, 9.17) is 14.3 Å². The predicted molar refractivity (Wildman–Crippen MR) is 107 cm³/mol. The lowest BCUT2D eigenvalue weighted by Crippen LogP contribution is -2.33. The second-order valence-corrected chi connectivity index (χ2v) is 10.8. The van der Waals surface area contributed by atoms with Crippen molar-refractivity contribution in [2.45, 2.75) is 77.4 Å². The fourth-order valence-electron chi connectivity index (χ4n) is 2.43. The first-order chi connectivity index (χ1) is 12.2. The van der Waals surface area contributed by atoms with Crippen LogP contribution in [0.3, 0.4) is 0 Å². The van der Waals surface area contributed by atoms with Gasteiger partial charge in [0.15, 0.2) is 0 Å². The van der Waals surface area contributed by atoms with Gasteiger partial charge in [-0.2, -0.15) is 8.42 Å². The molecule has 9 heteroatoms. The van der Waals surface area contributed by atoms with Gasteiger partial charge in [-0.15, -0.1) is 0 Å². The summed E-state index contributed by atoms with van der Waals surface area (Å²) in [4.78, 5) is 17.8. The molecule has 0 aromatic carbocycles. The van der Waals surface area contributed by atoms with Gasteiger partial charge in [-0.1, -0.05) is 34.9 Å². The van der Waals surface area contributed by atoms with E-state index in [1.54, 1.807) is 6.08 Å². The smallest absolute Gasteiger partial charge is 0.321 e. The van der Waals surface area contributed by atoms with E-state index in [0.29, 0.717) is 0 Å². The topological polar surface area (TPSA) is 112 Å². The van der Waals surface area contributed by atoms with Gasteiger partial charge in [0.2, 0.25) is 0 Å². The highest BCUT2D eigenvalue weighted by Crippen LogP contribution is 2.57. The van der Waals surface area contributed by atoms with Crippen molar-refractivity contribution >= 4 is 17.7 Å². The number of halogens is 1. The van der Waals surface area contributed by atoms with E-state index in [9.17, 15) is 17.4 Å². The van der Waals surface area contributed by atoms with E-state index in [1.165, 1.54) is 11.1 Å². The molecule has 0 saturated carbocycles. The fourth-order valence-corrected chi connectivity index (χ4v) is 4.49. The first kappa shape index (κ1) is 26.2. The highest BCUT2D eigenvalue weighted by molar-refractivity contribution is 7.94. The molecule has 1 unspecified atom stereocenters. The third-order valence-electron chi connectivity index (χ3n) is 4.14. The minimum Gasteiger partial charge on any atom is -0.321 e. The van der Waals surface area contributed by atoms with Gasteiger partial charge in [0.1, 0.15) is 0 Å². The average molecular weight is 426 g/mol. The number of allylic oxidation sites excluding steroid dienone is 6. The van der Waals surface area contributed by atoms with Crippen molar-refractivity contribution in [3.63, 3.8) is 0 Å². The SMILES string of the molecule is CC(C)=CCCC(C)=CCCC(C)=CCCCC(F)(P(=O)(O)O)S(=O)(=O)O. The molecule has 0 aromatic rings. The molecule has 158 valence electrons. The molecule has 6 nitrogen and oxygen atoms in total. The van der Waals surface area contributed by atoms with E-state index in [-0.39, 0.29) is 12.8 Å².